The van der Waals surface area contributed by atoms with Gasteiger partial charge in [0.1, 0.15) is 0 Å². The van der Waals surface area contributed by atoms with Crippen LogP contribution in [0.3, 0.4) is 0 Å². The first-order valence-corrected chi connectivity index (χ1v) is 3.86. The normalized spacial score (nSPS) is 23.8. The van der Waals surface area contributed by atoms with Gasteiger partial charge in [0.05, 0.1) is 13.2 Å². The van der Waals surface area contributed by atoms with Gasteiger partial charge in [-0.25, -0.2) is 0 Å². The van der Waals surface area contributed by atoms with E-state index >= 15 is 0 Å². The minimum Gasteiger partial charge on any atom is -0.372 e. The van der Waals surface area contributed by atoms with E-state index in [0.717, 1.165) is 13.0 Å². The molecular formula is C9H10O2. The number of hydrogen-bond donors (Lipinski definition) is 0. The largest absolute Gasteiger partial charge is 0.372 e. The van der Waals surface area contributed by atoms with Crippen molar-refractivity contribution in [3.8, 4) is 0 Å². The molecule has 2 rings (SSSR count). The van der Waals surface area contributed by atoms with Gasteiger partial charge in [-0.2, -0.15) is 0 Å². The van der Waals surface area contributed by atoms with Gasteiger partial charge in [0.2, 0.25) is 0 Å². The molecule has 0 radical (unpaired) electrons. The molecule has 0 saturated carbocycles. The Balaban J connectivity index is 2.25. The monoisotopic (exact) mass is 150 g/mol. The van der Waals surface area contributed by atoms with E-state index < -0.39 is 0 Å². The fourth-order valence-electron chi connectivity index (χ4n) is 1.43. The topological polar surface area (TPSA) is 26.3 Å². The molecule has 0 atom stereocenters. The van der Waals surface area contributed by atoms with E-state index in [9.17, 15) is 4.79 Å². The van der Waals surface area contributed by atoms with Crippen molar-refractivity contribution in [2.75, 3.05) is 13.2 Å². The van der Waals surface area contributed by atoms with Crippen LogP contribution in [-0.2, 0) is 9.53 Å². The van der Waals surface area contributed by atoms with Crippen molar-refractivity contribution in [3.05, 3.63) is 23.3 Å². The summed E-state index contributed by atoms with van der Waals surface area (Å²) in [6.45, 7) is 1.42. The zero-order valence-corrected chi connectivity index (χ0v) is 6.30. The average molecular weight is 150 g/mol. The van der Waals surface area contributed by atoms with Crippen LogP contribution in [0.1, 0.15) is 12.8 Å². The van der Waals surface area contributed by atoms with Gasteiger partial charge in [-0.05, 0) is 23.6 Å². The van der Waals surface area contributed by atoms with Gasteiger partial charge < -0.3 is 4.74 Å². The third-order valence-electron chi connectivity index (χ3n) is 2.13. The molecular weight excluding hydrogens is 140 g/mol. The van der Waals surface area contributed by atoms with Gasteiger partial charge in [-0.3, -0.25) is 4.79 Å². The molecule has 2 heteroatoms. The molecule has 0 unspecified atom stereocenters. The highest BCUT2D eigenvalue weighted by Gasteiger charge is 2.16. The van der Waals surface area contributed by atoms with Crippen LogP contribution >= 0.6 is 0 Å². The Hall–Kier alpha value is -0.890. The van der Waals surface area contributed by atoms with Crippen molar-refractivity contribution in [1.29, 1.82) is 0 Å². The molecule has 1 heterocycles. The first-order chi connectivity index (χ1) is 5.36. The molecule has 0 bridgehead atoms. The molecule has 0 spiro atoms. The smallest absolute Gasteiger partial charge is 0.156 e. The van der Waals surface area contributed by atoms with Crippen LogP contribution in [0.5, 0.6) is 0 Å². The summed E-state index contributed by atoms with van der Waals surface area (Å²) in [5.41, 5.74) is 2.53. The summed E-state index contributed by atoms with van der Waals surface area (Å²) in [5, 5.41) is 0. The third-order valence-corrected chi connectivity index (χ3v) is 2.13. The summed E-state index contributed by atoms with van der Waals surface area (Å²) in [7, 11) is 0. The van der Waals surface area contributed by atoms with Crippen LogP contribution in [0.25, 0.3) is 0 Å². The molecule has 58 valence electrons. The molecule has 1 aliphatic heterocycles. The van der Waals surface area contributed by atoms with E-state index in [4.69, 9.17) is 4.74 Å². The summed E-state index contributed by atoms with van der Waals surface area (Å²) in [5.74, 6) is 0.236. The van der Waals surface area contributed by atoms with Gasteiger partial charge in [0.15, 0.2) is 5.78 Å². The van der Waals surface area contributed by atoms with Crippen molar-refractivity contribution in [2.45, 2.75) is 12.8 Å². The number of ketones is 1. The molecule has 0 aromatic heterocycles. The molecule has 0 aromatic rings. The van der Waals surface area contributed by atoms with E-state index in [1.807, 2.05) is 6.08 Å². The lowest BCUT2D eigenvalue weighted by molar-refractivity contribution is -0.114. The quantitative estimate of drug-likeness (QED) is 0.519. The maximum absolute atomic E-state index is 11.0. The highest BCUT2D eigenvalue weighted by molar-refractivity contribution is 5.90. The summed E-state index contributed by atoms with van der Waals surface area (Å²) in [6, 6.07) is 0. The SMILES string of the molecule is O=C1C=CC2=C(CC1)COC2. The lowest BCUT2D eigenvalue weighted by Crippen LogP contribution is -1.94. The van der Waals surface area contributed by atoms with Crippen LogP contribution in [-0.4, -0.2) is 19.0 Å². The Kier molecular flexibility index (Phi) is 1.62. The van der Waals surface area contributed by atoms with Crippen LogP contribution in [0, 0.1) is 0 Å². The van der Waals surface area contributed by atoms with Crippen molar-refractivity contribution in [3.63, 3.8) is 0 Å². The molecule has 0 fully saturated rings. The maximum Gasteiger partial charge on any atom is 0.156 e. The second-order valence-electron chi connectivity index (χ2n) is 2.92. The Morgan fingerprint density at radius 1 is 1.18 bits per heavy atom. The molecule has 1 aliphatic carbocycles. The first kappa shape index (κ1) is 6.80. The van der Waals surface area contributed by atoms with Crippen molar-refractivity contribution >= 4 is 5.78 Å². The molecule has 2 nitrogen and oxygen atoms in total. The average Bonchev–Trinajstić information content (AvgIpc) is 2.38. The zero-order valence-electron chi connectivity index (χ0n) is 6.30. The molecule has 0 amide bonds. The molecule has 0 N–H and O–H groups in total. The van der Waals surface area contributed by atoms with Crippen molar-refractivity contribution in [1.82, 2.24) is 0 Å². The summed E-state index contributed by atoms with van der Waals surface area (Å²) in [4.78, 5) is 11.0. The zero-order chi connectivity index (χ0) is 7.68. The Morgan fingerprint density at radius 2 is 2.09 bits per heavy atom. The van der Waals surface area contributed by atoms with Gasteiger partial charge >= 0.3 is 0 Å². The minimum absolute atomic E-state index is 0.236. The van der Waals surface area contributed by atoms with E-state index in [1.54, 1.807) is 6.08 Å². The maximum atomic E-state index is 11.0. The van der Waals surface area contributed by atoms with Gasteiger partial charge in [-0.15, -0.1) is 0 Å². The van der Waals surface area contributed by atoms with E-state index in [-0.39, 0.29) is 5.78 Å². The number of carbonyl (C=O) groups excluding carboxylic acids is 1. The molecule has 2 aliphatic rings. The van der Waals surface area contributed by atoms with Crippen LogP contribution in [0.15, 0.2) is 23.3 Å². The summed E-state index contributed by atoms with van der Waals surface area (Å²) >= 11 is 0. The highest BCUT2D eigenvalue weighted by Crippen LogP contribution is 2.22. The van der Waals surface area contributed by atoms with Gasteiger partial charge in [-0.1, -0.05) is 6.08 Å². The first-order valence-electron chi connectivity index (χ1n) is 3.86. The third kappa shape index (κ3) is 1.26. The Morgan fingerprint density at radius 3 is 3.00 bits per heavy atom. The van der Waals surface area contributed by atoms with Gasteiger partial charge in [0, 0.05) is 6.42 Å². The number of hydrogen-bond acceptors (Lipinski definition) is 2. The van der Waals surface area contributed by atoms with Crippen LogP contribution in [0.2, 0.25) is 0 Å². The number of rotatable bonds is 0. The fourth-order valence-corrected chi connectivity index (χ4v) is 1.43. The molecule has 0 saturated heterocycles. The van der Waals surface area contributed by atoms with Gasteiger partial charge in [0.25, 0.3) is 0 Å². The van der Waals surface area contributed by atoms with Crippen LogP contribution in [0.4, 0.5) is 0 Å². The summed E-state index contributed by atoms with van der Waals surface area (Å²) in [6.07, 6.45) is 5.11. The van der Waals surface area contributed by atoms with E-state index in [0.29, 0.717) is 13.0 Å². The van der Waals surface area contributed by atoms with E-state index in [2.05, 4.69) is 0 Å². The van der Waals surface area contributed by atoms with Crippen LogP contribution < -0.4 is 0 Å². The predicted molar refractivity (Wildman–Crippen MR) is 41.2 cm³/mol. The standard InChI is InChI=1S/C9H10O2/c10-9-3-1-7-5-11-6-8(7)2-4-9/h1,3H,2,4-6H2. The molecule has 0 aromatic carbocycles. The lowest BCUT2D eigenvalue weighted by Gasteiger charge is -1.95. The number of allylic oxidation sites excluding steroid dienone is 1. The van der Waals surface area contributed by atoms with Crippen molar-refractivity contribution < 1.29 is 9.53 Å². The number of carbonyl (C=O) groups is 1. The van der Waals surface area contributed by atoms with Crippen molar-refractivity contribution in [2.24, 2.45) is 0 Å². The lowest BCUT2D eigenvalue weighted by atomic mass is 10.1. The number of ether oxygens (including phenoxy) is 1. The summed E-state index contributed by atoms with van der Waals surface area (Å²) < 4.78 is 5.25. The predicted octanol–water partition coefficient (Wildman–Crippen LogP) is 1.23. The Bertz CT molecular complexity index is 248. The fraction of sp³-hybridized carbons (Fsp3) is 0.444. The molecule has 11 heavy (non-hydrogen) atoms. The van der Waals surface area contributed by atoms with E-state index in [1.165, 1.54) is 11.1 Å². The highest BCUT2D eigenvalue weighted by atomic mass is 16.5. The second kappa shape index (κ2) is 2.62. The second-order valence-corrected chi connectivity index (χ2v) is 2.92. The minimum atomic E-state index is 0.236. The Labute approximate surface area is 65.5 Å².